The van der Waals surface area contributed by atoms with Gasteiger partial charge < -0.3 is 9.66 Å². The summed E-state index contributed by atoms with van der Waals surface area (Å²) in [5.41, 5.74) is 0. The van der Waals surface area contributed by atoms with Gasteiger partial charge in [0.05, 0.1) is 16.2 Å². The Morgan fingerprint density at radius 1 is 0.783 bits per heavy atom. The maximum Gasteiger partial charge on any atom is 1.00 e. The summed E-state index contributed by atoms with van der Waals surface area (Å²) in [6.45, 7) is 2.24. The van der Waals surface area contributed by atoms with Gasteiger partial charge in [0.25, 0.3) is 0 Å². The van der Waals surface area contributed by atoms with E-state index in [9.17, 15) is 18.1 Å². The van der Waals surface area contributed by atoms with Crippen LogP contribution in [0.5, 0.6) is 0 Å². The third kappa shape index (κ3) is 22.9. The molecule has 0 aliphatic rings. The molecule has 0 saturated carbocycles. The number of unbranched alkanes of at least 4 members (excludes halogenated alkanes) is 10. The first kappa shape index (κ1) is 26.1. The molecule has 6 heteroatoms. The summed E-state index contributed by atoms with van der Waals surface area (Å²) >= 11 is 0. The Morgan fingerprint density at radius 3 is 1.61 bits per heavy atom. The SMILES string of the molecule is CCCCCCCCCCCCC(O)CCCCS(=O)(=O)[O-].[Na+]. The summed E-state index contributed by atoms with van der Waals surface area (Å²) in [6.07, 6.45) is 14.9. The molecule has 0 fully saturated rings. The summed E-state index contributed by atoms with van der Waals surface area (Å²) in [5.74, 6) is -0.308. The van der Waals surface area contributed by atoms with Crippen LogP contribution in [0.4, 0.5) is 0 Å². The van der Waals surface area contributed by atoms with Crippen molar-refractivity contribution in [3.8, 4) is 0 Å². The van der Waals surface area contributed by atoms with Gasteiger partial charge in [-0.1, -0.05) is 71.1 Å². The third-order valence-corrected chi connectivity index (χ3v) is 4.86. The van der Waals surface area contributed by atoms with Crippen molar-refractivity contribution >= 4 is 10.1 Å². The molecule has 0 amide bonds. The van der Waals surface area contributed by atoms with Crippen molar-refractivity contribution in [2.24, 2.45) is 0 Å². The van der Waals surface area contributed by atoms with Crippen molar-refractivity contribution in [2.45, 2.75) is 103 Å². The van der Waals surface area contributed by atoms with E-state index in [0.29, 0.717) is 19.3 Å². The average molecular weight is 359 g/mol. The zero-order valence-electron chi connectivity index (χ0n) is 15.3. The van der Waals surface area contributed by atoms with E-state index in [1.165, 1.54) is 57.8 Å². The van der Waals surface area contributed by atoms with Crippen LogP contribution >= 0.6 is 0 Å². The molecular formula is C17H35NaO4S. The van der Waals surface area contributed by atoms with Crippen LogP contribution in [0.1, 0.15) is 96.8 Å². The molecule has 0 spiro atoms. The van der Waals surface area contributed by atoms with Gasteiger partial charge in [0.15, 0.2) is 0 Å². The topological polar surface area (TPSA) is 77.4 Å². The molecule has 0 bridgehead atoms. The number of rotatable bonds is 16. The van der Waals surface area contributed by atoms with Crippen LogP contribution in [-0.4, -0.2) is 29.9 Å². The Bertz CT molecular complexity index is 333. The van der Waals surface area contributed by atoms with E-state index in [2.05, 4.69) is 6.92 Å². The largest absolute Gasteiger partial charge is 1.00 e. The van der Waals surface area contributed by atoms with E-state index < -0.39 is 10.1 Å². The second-order valence-electron chi connectivity index (χ2n) is 6.38. The zero-order chi connectivity index (χ0) is 16.7. The van der Waals surface area contributed by atoms with Gasteiger partial charge in [0.1, 0.15) is 0 Å². The molecule has 0 aromatic carbocycles. The van der Waals surface area contributed by atoms with Gasteiger partial charge >= 0.3 is 29.6 Å². The van der Waals surface area contributed by atoms with Crippen molar-refractivity contribution in [1.29, 1.82) is 0 Å². The maximum absolute atomic E-state index is 10.4. The fourth-order valence-electron chi connectivity index (χ4n) is 2.67. The number of aliphatic hydroxyl groups is 1. The predicted molar refractivity (Wildman–Crippen MR) is 90.9 cm³/mol. The molecule has 0 radical (unpaired) electrons. The molecule has 1 atom stereocenters. The first-order valence-electron chi connectivity index (χ1n) is 9.07. The summed E-state index contributed by atoms with van der Waals surface area (Å²) in [5, 5.41) is 9.77. The fourth-order valence-corrected chi connectivity index (χ4v) is 3.23. The molecule has 0 saturated heterocycles. The van der Waals surface area contributed by atoms with Crippen LogP contribution in [-0.2, 0) is 10.1 Å². The standard InChI is InChI=1S/C17H36O4S.Na/c1-2-3-4-5-6-7-8-9-10-11-14-17(18)15-12-13-16-22(19,20)21;/h17-18H,2-16H2,1H3,(H,19,20,21);/q;+1/p-1. The number of aliphatic hydroxyl groups excluding tert-OH is 1. The minimum atomic E-state index is -4.09. The van der Waals surface area contributed by atoms with Crippen LogP contribution in [0, 0.1) is 0 Å². The monoisotopic (exact) mass is 358 g/mol. The Morgan fingerprint density at radius 2 is 1.17 bits per heavy atom. The Balaban J connectivity index is 0. The van der Waals surface area contributed by atoms with E-state index in [1.54, 1.807) is 0 Å². The fraction of sp³-hybridized carbons (Fsp3) is 1.00. The van der Waals surface area contributed by atoms with Crippen LogP contribution < -0.4 is 29.6 Å². The predicted octanol–water partition coefficient (Wildman–Crippen LogP) is 1.38. The molecule has 1 N–H and O–H groups in total. The molecular weight excluding hydrogens is 323 g/mol. The molecule has 0 aliphatic heterocycles. The smallest absolute Gasteiger partial charge is 0.748 e. The molecule has 23 heavy (non-hydrogen) atoms. The van der Waals surface area contributed by atoms with E-state index >= 15 is 0 Å². The zero-order valence-corrected chi connectivity index (χ0v) is 18.1. The minimum Gasteiger partial charge on any atom is -0.748 e. The second-order valence-corrected chi connectivity index (χ2v) is 7.91. The van der Waals surface area contributed by atoms with Crippen molar-refractivity contribution in [3.05, 3.63) is 0 Å². The van der Waals surface area contributed by atoms with Gasteiger partial charge in [-0.25, -0.2) is 8.42 Å². The van der Waals surface area contributed by atoms with E-state index in [0.717, 1.165) is 12.8 Å². The van der Waals surface area contributed by atoms with Crippen molar-refractivity contribution < 1.29 is 47.6 Å². The number of hydrogen-bond acceptors (Lipinski definition) is 4. The van der Waals surface area contributed by atoms with Crippen LogP contribution in [0.15, 0.2) is 0 Å². The number of hydrogen-bond donors (Lipinski definition) is 1. The Kier molecular flexibility index (Phi) is 20.1. The van der Waals surface area contributed by atoms with Crippen LogP contribution in [0.2, 0.25) is 0 Å². The van der Waals surface area contributed by atoms with Crippen molar-refractivity contribution in [3.63, 3.8) is 0 Å². The van der Waals surface area contributed by atoms with E-state index in [1.807, 2.05) is 0 Å². The summed E-state index contributed by atoms with van der Waals surface area (Å²) in [6, 6.07) is 0. The van der Waals surface area contributed by atoms with Crippen molar-refractivity contribution in [1.82, 2.24) is 0 Å². The Labute approximate surface area is 165 Å². The second kappa shape index (κ2) is 17.7. The summed E-state index contributed by atoms with van der Waals surface area (Å²) in [4.78, 5) is 0. The van der Waals surface area contributed by atoms with Gasteiger partial charge in [-0.15, -0.1) is 0 Å². The molecule has 0 aliphatic carbocycles. The molecule has 4 nitrogen and oxygen atoms in total. The van der Waals surface area contributed by atoms with E-state index in [4.69, 9.17) is 0 Å². The normalized spacial score (nSPS) is 12.8. The minimum absolute atomic E-state index is 0. The molecule has 134 valence electrons. The molecule has 0 heterocycles. The van der Waals surface area contributed by atoms with E-state index in [-0.39, 0.29) is 41.4 Å². The first-order valence-corrected chi connectivity index (χ1v) is 10.6. The van der Waals surface area contributed by atoms with Gasteiger partial charge in [-0.05, 0) is 25.7 Å². The molecule has 0 rings (SSSR count). The molecule has 1 unspecified atom stereocenters. The van der Waals surface area contributed by atoms with Crippen molar-refractivity contribution in [2.75, 3.05) is 5.75 Å². The quantitative estimate of drug-likeness (QED) is 0.257. The molecule has 0 aromatic rings. The Hall–Kier alpha value is 0.870. The van der Waals surface area contributed by atoms with Crippen LogP contribution in [0.3, 0.4) is 0 Å². The van der Waals surface area contributed by atoms with Gasteiger partial charge in [-0.3, -0.25) is 0 Å². The average Bonchev–Trinajstić information content (AvgIpc) is 2.44. The maximum atomic E-state index is 10.4. The first-order chi connectivity index (χ1) is 10.5. The molecule has 0 aromatic heterocycles. The van der Waals surface area contributed by atoms with Gasteiger partial charge in [-0.2, -0.15) is 0 Å². The van der Waals surface area contributed by atoms with Crippen LogP contribution in [0.25, 0.3) is 0 Å². The third-order valence-electron chi connectivity index (χ3n) is 4.07. The summed E-state index contributed by atoms with van der Waals surface area (Å²) < 4.78 is 31.3. The summed E-state index contributed by atoms with van der Waals surface area (Å²) in [7, 11) is -4.09. The van der Waals surface area contributed by atoms with Gasteiger partial charge in [0.2, 0.25) is 0 Å². The van der Waals surface area contributed by atoms with Gasteiger partial charge in [0, 0.05) is 5.75 Å².